The summed E-state index contributed by atoms with van der Waals surface area (Å²) in [7, 11) is -4.26. The van der Waals surface area contributed by atoms with Gasteiger partial charge in [0.05, 0.1) is 10.5 Å². The minimum Gasteiger partial charge on any atom is -0.280 e. The zero-order chi connectivity index (χ0) is 22.1. The molecule has 0 saturated heterocycles. The maximum atomic E-state index is 12.8. The highest BCUT2D eigenvalue weighted by atomic mass is 32.2. The second-order valence-electron chi connectivity index (χ2n) is 6.97. The van der Waals surface area contributed by atoms with E-state index in [1.807, 2.05) is 6.92 Å². The molecule has 1 aliphatic carbocycles. The number of benzene rings is 2. The van der Waals surface area contributed by atoms with E-state index >= 15 is 0 Å². The number of hydrazine groups is 1. The number of sulfonamides is 1. The van der Waals surface area contributed by atoms with Gasteiger partial charge in [-0.25, -0.2) is 8.42 Å². The van der Waals surface area contributed by atoms with Crippen LogP contribution in [-0.4, -0.2) is 20.2 Å². The Morgan fingerprint density at radius 1 is 1.03 bits per heavy atom. The molecule has 11 heteroatoms. The molecule has 0 aliphatic heterocycles. The highest BCUT2D eigenvalue weighted by Gasteiger charge is 2.39. The van der Waals surface area contributed by atoms with Crippen LogP contribution >= 0.6 is 0 Å². The summed E-state index contributed by atoms with van der Waals surface area (Å²) in [6.45, 7) is 1.90. The highest BCUT2D eigenvalue weighted by Crippen LogP contribution is 2.37. The average Bonchev–Trinajstić information content (AvgIpc) is 3.42. The molecule has 0 unspecified atom stereocenters. The number of nitrogens with one attached hydrogen (secondary N) is 3. The van der Waals surface area contributed by atoms with Crippen LogP contribution in [0.3, 0.4) is 0 Å². The van der Waals surface area contributed by atoms with E-state index in [0.29, 0.717) is 6.07 Å². The lowest BCUT2D eigenvalue weighted by atomic mass is 10.2. The van der Waals surface area contributed by atoms with Gasteiger partial charge in [0.1, 0.15) is 0 Å². The lowest BCUT2D eigenvalue weighted by Gasteiger charge is -2.12. The third-order valence-corrected chi connectivity index (χ3v) is 5.97. The summed E-state index contributed by atoms with van der Waals surface area (Å²) in [6, 6.07) is 8.63. The fourth-order valence-corrected chi connectivity index (χ4v) is 3.84. The first kappa shape index (κ1) is 21.6. The van der Waals surface area contributed by atoms with E-state index in [-0.39, 0.29) is 33.9 Å². The average molecular weight is 441 g/mol. The van der Waals surface area contributed by atoms with E-state index in [2.05, 4.69) is 15.6 Å². The summed E-state index contributed by atoms with van der Waals surface area (Å²) in [5.74, 6) is -0.968. The number of alkyl halides is 3. The number of rotatable bonds is 5. The second-order valence-corrected chi connectivity index (χ2v) is 8.66. The molecule has 1 fully saturated rings. The van der Waals surface area contributed by atoms with Gasteiger partial charge in [-0.05, 0) is 48.7 Å². The Morgan fingerprint density at radius 2 is 1.70 bits per heavy atom. The number of hydrogen-bond acceptors (Lipinski definition) is 4. The Labute approximate surface area is 170 Å². The zero-order valence-corrected chi connectivity index (χ0v) is 16.5. The third-order valence-electron chi connectivity index (χ3n) is 4.59. The van der Waals surface area contributed by atoms with Crippen molar-refractivity contribution in [3.63, 3.8) is 0 Å². The van der Waals surface area contributed by atoms with Crippen LogP contribution in [0.2, 0.25) is 0 Å². The van der Waals surface area contributed by atoms with E-state index in [9.17, 15) is 31.2 Å². The molecule has 2 amide bonds. The Bertz CT molecular complexity index is 1090. The van der Waals surface area contributed by atoms with E-state index in [4.69, 9.17) is 0 Å². The summed E-state index contributed by atoms with van der Waals surface area (Å²) in [5, 5.41) is 0. The van der Waals surface area contributed by atoms with Crippen molar-refractivity contribution in [2.45, 2.75) is 24.4 Å². The molecule has 1 aliphatic rings. The molecule has 30 heavy (non-hydrogen) atoms. The van der Waals surface area contributed by atoms with Gasteiger partial charge in [-0.3, -0.25) is 25.2 Å². The summed E-state index contributed by atoms with van der Waals surface area (Å²) in [6.07, 6.45) is -3.89. The van der Waals surface area contributed by atoms with Gasteiger partial charge in [0.25, 0.3) is 15.9 Å². The van der Waals surface area contributed by atoms with Crippen molar-refractivity contribution >= 4 is 27.5 Å². The van der Waals surface area contributed by atoms with Crippen LogP contribution < -0.4 is 15.6 Å². The Morgan fingerprint density at radius 3 is 2.33 bits per heavy atom. The van der Waals surface area contributed by atoms with Crippen molar-refractivity contribution in [3.8, 4) is 0 Å². The van der Waals surface area contributed by atoms with Crippen LogP contribution in [0, 0.1) is 11.8 Å². The molecule has 0 radical (unpaired) electrons. The zero-order valence-electron chi connectivity index (χ0n) is 15.7. The van der Waals surface area contributed by atoms with Crippen molar-refractivity contribution in [3.05, 3.63) is 59.7 Å². The number of halogens is 3. The van der Waals surface area contributed by atoms with Crippen LogP contribution in [0.4, 0.5) is 18.9 Å². The fraction of sp³-hybridized carbons (Fsp3) is 0.263. The number of carbonyl (C=O) groups is 2. The van der Waals surface area contributed by atoms with Crippen molar-refractivity contribution < 1.29 is 31.2 Å². The number of anilines is 1. The van der Waals surface area contributed by atoms with Gasteiger partial charge >= 0.3 is 6.18 Å². The molecule has 160 valence electrons. The highest BCUT2D eigenvalue weighted by molar-refractivity contribution is 7.92. The first-order chi connectivity index (χ1) is 14.0. The normalized spacial score (nSPS) is 18.4. The molecule has 0 bridgehead atoms. The SMILES string of the molecule is C[C@@H]1C[C@@H]1C(=O)NNC(=O)c1cccc(S(=O)(=O)Nc2cccc(C(F)(F)F)c2)c1. The van der Waals surface area contributed by atoms with Crippen molar-refractivity contribution in [2.75, 3.05) is 4.72 Å². The van der Waals surface area contributed by atoms with E-state index in [0.717, 1.165) is 24.6 Å². The van der Waals surface area contributed by atoms with Gasteiger partial charge in [0, 0.05) is 17.2 Å². The molecule has 0 aromatic heterocycles. The molecule has 0 heterocycles. The fourth-order valence-electron chi connectivity index (χ4n) is 2.75. The minimum absolute atomic E-state index is 0.0499. The van der Waals surface area contributed by atoms with Gasteiger partial charge in [-0.1, -0.05) is 19.1 Å². The van der Waals surface area contributed by atoms with Crippen LogP contribution in [0.5, 0.6) is 0 Å². The lowest BCUT2D eigenvalue weighted by molar-refractivity contribution is -0.137. The molecule has 1 saturated carbocycles. The van der Waals surface area contributed by atoms with Crippen LogP contribution in [0.25, 0.3) is 0 Å². The second kappa shape index (κ2) is 7.98. The van der Waals surface area contributed by atoms with E-state index < -0.39 is 27.7 Å². The van der Waals surface area contributed by atoms with Crippen LogP contribution in [0.15, 0.2) is 53.4 Å². The summed E-state index contributed by atoms with van der Waals surface area (Å²) in [5.41, 5.74) is 3.17. The standard InChI is InChI=1S/C19H18F3N3O4S/c1-11-8-16(11)18(27)24-23-17(26)12-4-2-7-15(9-12)30(28,29)25-14-6-3-5-13(10-14)19(20,21)22/h2-7,9-11,16,25H,8H2,1H3,(H,23,26)(H,24,27)/t11-,16+/m1/s1. The molecular weight excluding hydrogens is 423 g/mol. The Hall–Kier alpha value is -3.08. The van der Waals surface area contributed by atoms with Crippen molar-refractivity contribution in [2.24, 2.45) is 11.8 Å². The van der Waals surface area contributed by atoms with Gasteiger partial charge in [0.15, 0.2) is 0 Å². The quantitative estimate of drug-likeness (QED) is 0.621. The predicted octanol–water partition coefficient (Wildman–Crippen LogP) is 2.92. The molecular formula is C19H18F3N3O4S. The lowest BCUT2D eigenvalue weighted by Crippen LogP contribution is -2.42. The molecule has 0 spiro atoms. The largest absolute Gasteiger partial charge is 0.416 e. The Balaban J connectivity index is 1.72. The third kappa shape index (κ3) is 5.09. The first-order valence-corrected chi connectivity index (χ1v) is 10.4. The maximum Gasteiger partial charge on any atom is 0.416 e. The molecule has 2 aromatic carbocycles. The smallest absolute Gasteiger partial charge is 0.280 e. The number of hydrogen-bond donors (Lipinski definition) is 3. The summed E-state index contributed by atoms with van der Waals surface area (Å²) in [4.78, 5) is 23.6. The van der Waals surface area contributed by atoms with Crippen molar-refractivity contribution in [1.29, 1.82) is 0 Å². The molecule has 3 N–H and O–H groups in total. The topological polar surface area (TPSA) is 104 Å². The van der Waals surface area contributed by atoms with E-state index in [1.54, 1.807) is 0 Å². The van der Waals surface area contributed by atoms with Crippen molar-refractivity contribution in [1.82, 2.24) is 10.9 Å². The number of amides is 2. The van der Waals surface area contributed by atoms with Crippen LogP contribution in [-0.2, 0) is 21.0 Å². The first-order valence-electron chi connectivity index (χ1n) is 8.88. The predicted molar refractivity (Wildman–Crippen MR) is 102 cm³/mol. The van der Waals surface area contributed by atoms with Gasteiger partial charge < -0.3 is 0 Å². The van der Waals surface area contributed by atoms with E-state index in [1.165, 1.54) is 24.3 Å². The number of carbonyl (C=O) groups excluding carboxylic acids is 2. The van der Waals surface area contributed by atoms with Crippen LogP contribution in [0.1, 0.15) is 29.3 Å². The molecule has 2 aromatic rings. The summed E-state index contributed by atoms with van der Waals surface area (Å²) >= 11 is 0. The Kier molecular flexibility index (Phi) is 5.75. The molecule has 3 rings (SSSR count). The van der Waals surface area contributed by atoms with Gasteiger partial charge in [0.2, 0.25) is 5.91 Å². The summed E-state index contributed by atoms with van der Waals surface area (Å²) < 4.78 is 65.6. The molecule has 2 atom stereocenters. The van der Waals surface area contributed by atoms with Gasteiger partial charge in [-0.2, -0.15) is 13.2 Å². The van der Waals surface area contributed by atoms with Gasteiger partial charge in [-0.15, -0.1) is 0 Å². The monoisotopic (exact) mass is 441 g/mol. The molecule has 7 nitrogen and oxygen atoms in total. The minimum atomic E-state index is -4.62. The maximum absolute atomic E-state index is 12.8.